The van der Waals surface area contributed by atoms with Crippen molar-refractivity contribution in [2.24, 2.45) is 0 Å². The molecule has 0 aromatic heterocycles. The first-order valence-corrected chi connectivity index (χ1v) is 9.23. The fourth-order valence-corrected chi connectivity index (χ4v) is 3.65. The lowest BCUT2D eigenvalue weighted by atomic mass is 9.95. The highest BCUT2D eigenvalue weighted by Gasteiger charge is 2.35. The van der Waals surface area contributed by atoms with Crippen LogP contribution >= 0.6 is 0 Å². The van der Waals surface area contributed by atoms with E-state index in [0.717, 1.165) is 11.3 Å². The zero-order valence-electron chi connectivity index (χ0n) is 15.9. The standard InChI is InChI=1S/C19H25N3O5/c1-19(2,3)27-18(24)20-10-8-14(9-11-20)21-16-6-5-15(22(25)26)12-13(16)4-7-17(21)23/h5-6,12,14H,4,7-11H2,1-3H3. The van der Waals surface area contributed by atoms with E-state index in [-0.39, 0.29) is 23.7 Å². The quantitative estimate of drug-likeness (QED) is 0.584. The van der Waals surface area contributed by atoms with E-state index in [2.05, 4.69) is 0 Å². The van der Waals surface area contributed by atoms with Gasteiger partial charge in [0.25, 0.3) is 5.69 Å². The van der Waals surface area contributed by atoms with Crippen molar-refractivity contribution in [1.82, 2.24) is 4.90 Å². The number of amides is 2. The van der Waals surface area contributed by atoms with Crippen LogP contribution in [0.15, 0.2) is 18.2 Å². The van der Waals surface area contributed by atoms with E-state index >= 15 is 0 Å². The molecule has 27 heavy (non-hydrogen) atoms. The van der Waals surface area contributed by atoms with E-state index in [4.69, 9.17) is 4.74 Å². The van der Waals surface area contributed by atoms with Crippen LogP contribution in [-0.2, 0) is 16.0 Å². The van der Waals surface area contributed by atoms with Gasteiger partial charge >= 0.3 is 6.09 Å². The van der Waals surface area contributed by atoms with Crippen LogP contribution in [0.1, 0.15) is 45.6 Å². The zero-order valence-corrected chi connectivity index (χ0v) is 15.9. The number of benzene rings is 1. The average Bonchev–Trinajstić information content (AvgIpc) is 2.60. The van der Waals surface area contributed by atoms with Crippen LogP contribution < -0.4 is 4.90 Å². The number of hydrogen-bond acceptors (Lipinski definition) is 5. The number of non-ortho nitro benzene ring substituents is 1. The summed E-state index contributed by atoms with van der Waals surface area (Å²) in [6, 6.07) is 4.66. The normalized spacial score (nSPS) is 18.3. The molecule has 2 heterocycles. The molecule has 1 saturated heterocycles. The molecule has 2 aliphatic rings. The molecule has 146 valence electrons. The molecule has 1 aromatic carbocycles. The summed E-state index contributed by atoms with van der Waals surface area (Å²) < 4.78 is 5.41. The third-order valence-corrected chi connectivity index (χ3v) is 4.89. The number of nitrogens with zero attached hydrogens (tertiary/aromatic N) is 3. The van der Waals surface area contributed by atoms with Gasteiger partial charge < -0.3 is 14.5 Å². The number of fused-ring (bicyclic) bond motifs is 1. The van der Waals surface area contributed by atoms with Crippen molar-refractivity contribution in [1.29, 1.82) is 0 Å². The molecule has 0 N–H and O–H groups in total. The number of likely N-dealkylation sites (tertiary alicyclic amines) is 1. The van der Waals surface area contributed by atoms with E-state index in [1.807, 2.05) is 20.8 Å². The Kier molecular flexibility index (Phi) is 5.08. The Balaban J connectivity index is 1.72. The van der Waals surface area contributed by atoms with Crippen LogP contribution in [-0.4, -0.2) is 46.6 Å². The minimum absolute atomic E-state index is 0.0170. The molecule has 0 spiro atoms. The van der Waals surface area contributed by atoms with Gasteiger partial charge in [0.15, 0.2) is 0 Å². The van der Waals surface area contributed by atoms with Crippen molar-refractivity contribution in [2.75, 3.05) is 18.0 Å². The first-order valence-electron chi connectivity index (χ1n) is 9.23. The first-order chi connectivity index (χ1) is 12.7. The summed E-state index contributed by atoms with van der Waals surface area (Å²) in [5, 5.41) is 11.0. The summed E-state index contributed by atoms with van der Waals surface area (Å²) in [4.78, 5) is 38.8. The van der Waals surface area contributed by atoms with Gasteiger partial charge in [-0.2, -0.15) is 0 Å². The Bertz CT molecular complexity index is 763. The van der Waals surface area contributed by atoms with Crippen LogP contribution in [0.3, 0.4) is 0 Å². The van der Waals surface area contributed by atoms with Crippen LogP contribution in [0.5, 0.6) is 0 Å². The number of carbonyl (C=O) groups is 2. The average molecular weight is 375 g/mol. The second-order valence-electron chi connectivity index (χ2n) is 8.03. The third kappa shape index (κ3) is 4.20. The number of hydrogen-bond donors (Lipinski definition) is 0. The summed E-state index contributed by atoms with van der Waals surface area (Å²) in [7, 11) is 0. The Morgan fingerprint density at radius 2 is 1.89 bits per heavy atom. The maximum atomic E-state index is 12.6. The van der Waals surface area contributed by atoms with Crippen molar-refractivity contribution >= 4 is 23.4 Å². The number of piperidine rings is 1. The van der Waals surface area contributed by atoms with Gasteiger partial charge in [-0.15, -0.1) is 0 Å². The molecule has 0 radical (unpaired) electrons. The molecule has 8 heteroatoms. The second-order valence-corrected chi connectivity index (χ2v) is 8.03. The highest BCUT2D eigenvalue weighted by atomic mass is 16.6. The predicted molar refractivity (Wildman–Crippen MR) is 99.7 cm³/mol. The molecule has 8 nitrogen and oxygen atoms in total. The summed E-state index contributed by atoms with van der Waals surface area (Å²) in [6.07, 6.45) is 1.84. The van der Waals surface area contributed by atoms with Gasteiger partial charge in [-0.05, 0) is 51.7 Å². The topological polar surface area (TPSA) is 93.0 Å². The molecular weight excluding hydrogens is 350 g/mol. The fourth-order valence-electron chi connectivity index (χ4n) is 3.65. The second kappa shape index (κ2) is 7.17. The van der Waals surface area contributed by atoms with Crippen LogP contribution in [0, 0.1) is 10.1 Å². The first kappa shape index (κ1) is 19.1. The van der Waals surface area contributed by atoms with Crippen molar-refractivity contribution in [3.63, 3.8) is 0 Å². The molecule has 0 unspecified atom stereocenters. The monoisotopic (exact) mass is 375 g/mol. The van der Waals surface area contributed by atoms with E-state index in [9.17, 15) is 19.7 Å². The number of rotatable bonds is 2. The van der Waals surface area contributed by atoms with Gasteiger partial charge in [0.1, 0.15) is 5.60 Å². The van der Waals surface area contributed by atoms with Gasteiger partial charge in [-0.3, -0.25) is 14.9 Å². The summed E-state index contributed by atoms with van der Waals surface area (Å²) in [5.74, 6) is 0.0343. The Morgan fingerprint density at radius 3 is 2.48 bits per heavy atom. The van der Waals surface area contributed by atoms with Gasteiger partial charge in [0, 0.05) is 43.4 Å². The van der Waals surface area contributed by atoms with Gasteiger partial charge in [-0.25, -0.2) is 4.79 Å². The molecule has 2 aliphatic heterocycles. The fraction of sp³-hybridized carbons (Fsp3) is 0.579. The Morgan fingerprint density at radius 1 is 1.22 bits per heavy atom. The van der Waals surface area contributed by atoms with E-state index in [1.165, 1.54) is 6.07 Å². The van der Waals surface area contributed by atoms with Crippen molar-refractivity contribution in [3.05, 3.63) is 33.9 Å². The van der Waals surface area contributed by atoms with E-state index in [0.29, 0.717) is 38.8 Å². The highest BCUT2D eigenvalue weighted by molar-refractivity contribution is 5.97. The predicted octanol–water partition coefficient (Wildman–Crippen LogP) is 3.27. The molecule has 3 rings (SSSR count). The summed E-state index contributed by atoms with van der Waals surface area (Å²) >= 11 is 0. The lowest BCUT2D eigenvalue weighted by molar-refractivity contribution is -0.384. The number of ether oxygens (including phenoxy) is 1. The van der Waals surface area contributed by atoms with Crippen molar-refractivity contribution in [3.8, 4) is 0 Å². The number of anilines is 1. The number of aryl methyl sites for hydroxylation is 1. The maximum absolute atomic E-state index is 12.6. The molecule has 0 saturated carbocycles. The molecule has 0 aliphatic carbocycles. The van der Waals surface area contributed by atoms with E-state index < -0.39 is 10.5 Å². The summed E-state index contributed by atoms with van der Waals surface area (Å²) in [5.41, 5.74) is 1.10. The molecule has 1 fully saturated rings. The van der Waals surface area contributed by atoms with Gasteiger partial charge in [0.05, 0.1) is 4.92 Å². The number of nitro benzene ring substituents is 1. The Labute approximate surface area is 158 Å². The molecule has 2 amide bonds. The largest absolute Gasteiger partial charge is 0.444 e. The minimum atomic E-state index is -0.537. The van der Waals surface area contributed by atoms with Gasteiger partial charge in [0.2, 0.25) is 5.91 Å². The van der Waals surface area contributed by atoms with Crippen molar-refractivity contribution < 1.29 is 19.2 Å². The van der Waals surface area contributed by atoms with E-state index in [1.54, 1.807) is 21.9 Å². The lowest BCUT2D eigenvalue weighted by Crippen LogP contribution is -2.51. The van der Waals surface area contributed by atoms with Crippen LogP contribution in [0.2, 0.25) is 0 Å². The van der Waals surface area contributed by atoms with Crippen LogP contribution in [0.4, 0.5) is 16.2 Å². The smallest absolute Gasteiger partial charge is 0.410 e. The van der Waals surface area contributed by atoms with Crippen molar-refractivity contribution in [2.45, 2.75) is 58.1 Å². The third-order valence-electron chi connectivity index (χ3n) is 4.89. The molecule has 1 aromatic rings. The minimum Gasteiger partial charge on any atom is -0.444 e. The highest BCUT2D eigenvalue weighted by Crippen LogP contribution is 2.34. The number of nitro groups is 1. The van der Waals surface area contributed by atoms with Crippen LogP contribution in [0.25, 0.3) is 0 Å². The maximum Gasteiger partial charge on any atom is 0.410 e. The molecular formula is C19H25N3O5. The molecule has 0 atom stereocenters. The number of carbonyl (C=O) groups excluding carboxylic acids is 2. The Hall–Kier alpha value is -2.64. The van der Waals surface area contributed by atoms with Gasteiger partial charge in [-0.1, -0.05) is 0 Å². The SMILES string of the molecule is CC(C)(C)OC(=O)N1CCC(N2C(=O)CCc3cc([N+](=O)[O-])ccc32)CC1. The lowest BCUT2D eigenvalue weighted by Gasteiger charge is -2.41. The molecule has 0 bridgehead atoms. The zero-order chi connectivity index (χ0) is 19.8. The summed E-state index contributed by atoms with van der Waals surface area (Å²) in [6.45, 7) is 6.54.